The summed E-state index contributed by atoms with van der Waals surface area (Å²) in [6.45, 7) is 0.341. The fourth-order valence-electron chi connectivity index (χ4n) is 2.94. The first kappa shape index (κ1) is 20.6. The van der Waals surface area contributed by atoms with Crippen LogP contribution in [0.15, 0.2) is 75.9 Å². The Hall–Kier alpha value is -2.66. The largest absolute Gasteiger partial charge is 0.490 e. The molecule has 30 heavy (non-hydrogen) atoms. The molecule has 0 aliphatic carbocycles. The van der Waals surface area contributed by atoms with E-state index in [0.29, 0.717) is 37.4 Å². The zero-order valence-corrected chi connectivity index (χ0v) is 17.8. The summed E-state index contributed by atoms with van der Waals surface area (Å²) < 4.78 is 17.4. The summed E-state index contributed by atoms with van der Waals surface area (Å²) >= 11 is 18.3. The molecule has 0 aliphatic heterocycles. The zero-order valence-electron chi connectivity index (χ0n) is 15.5. The second-order valence-electron chi connectivity index (χ2n) is 6.36. The summed E-state index contributed by atoms with van der Waals surface area (Å²) in [5, 5.41) is 1.82. The van der Waals surface area contributed by atoms with Crippen LogP contribution in [0.5, 0.6) is 11.5 Å². The van der Waals surface area contributed by atoms with Crippen molar-refractivity contribution in [1.29, 1.82) is 0 Å². The number of hydrogen-bond acceptors (Lipinski definition) is 4. The molecule has 0 radical (unpaired) electrons. The molecule has 0 saturated heterocycles. The van der Waals surface area contributed by atoms with Crippen molar-refractivity contribution in [3.63, 3.8) is 0 Å². The molecule has 0 bridgehead atoms. The van der Waals surface area contributed by atoms with E-state index in [4.69, 9.17) is 48.7 Å². The summed E-state index contributed by atoms with van der Waals surface area (Å²) in [7, 11) is 0. The maximum absolute atomic E-state index is 13.1. The van der Waals surface area contributed by atoms with E-state index in [1.165, 1.54) is 0 Å². The van der Waals surface area contributed by atoms with Crippen LogP contribution in [-0.2, 0) is 0 Å². The van der Waals surface area contributed by atoms with E-state index < -0.39 is 0 Å². The Morgan fingerprint density at radius 3 is 2.27 bits per heavy atom. The van der Waals surface area contributed by atoms with E-state index in [1.807, 2.05) is 0 Å². The maximum Gasteiger partial charge on any atom is 0.235 e. The molecule has 4 nitrogen and oxygen atoms in total. The molecule has 0 fully saturated rings. The molecule has 1 heterocycles. The van der Waals surface area contributed by atoms with Gasteiger partial charge in [-0.2, -0.15) is 0 Å². The lowest BCUT2D eigenvalue weighted by Crippen LogP contribution is -2.15. The van der Waals surface area contributed by atoms with Gasteiger partial charge in [-0.1, -0.05) is 46.9 Å². The second-order valence-corrected chi connectivity index (χ2v) is 7.64. The third-order valence-electron chi connectivity index (χ3n) is 4.34. The number of hydrogen-bond donors (Lipinski definition) is 0. The molecular formula is C23H15Cl3O4. The molecule has 0 spiro atoms. The maximum atomic E-state index is 13.1. The van der Waals surface area contributed by atoms with Crippen LogP contribution in [0.3, 0.4) is 0 Å². The summed E-state index contributed by atoms with van der Waals surface area (Å²) in [6.07, 6.45) is 0. The van der Waals surface area contributed by atoms with Crippen LogP contribution in [-0.4, -0.2) is 13.2 Å². The van der Waals surface area contributed by atoms with Gasteiger partial charge in [0.1, 0.15) is 24.5 Å². The Kier molecular flexibility index (Phi) is 6.18. The lowest BCUT2D eigenvalue weighted by Gasteiger charge is -2.13. The smallest absolute Gasteiger partial charge is 0.235 e. The van der Waals surface area contributed by atoms with E-state index in [0.717, 1.165) is 0 Å². The fourth-order valence-corrected chi connectivity index (χ4v) is 3.46. The van der Waals surface area contributed by atoms with Gasteiger partial charge in [0.2, 0.25) is 11.2 Å². The van der Waals surface area contributed by atoms with Gasteiger partial charge in [-0.15, -0.1) is 0 Å². The molecule has 0 N–H and O–H groups in total. The monoisotopic (exact) mass is 460 g/mol. The van der Waals surface area contributed by atoms with Crippen molar-refractivity contribution >= 4 is 45.8 Å². The van der Waals surface area contributed by atoms with E-state index in [-0.39, 0.29) is 30.2 Å². The number of fused-ring (bicyclic) bond motifs is 1. The normalized spacial score (nSPS) is 10.9. The van der Waals surface area contributed by atoms with Gasteiger partial charge in [-0.3, -0.25) is 4.79 Å². The van der Waals surface area contributed by atoms with Crippen molar-refractivity contribution in [3.05, 3.63) is 92.0 Å². The highest BCUT2D eigenvalue weighted by Crippen LogP contribution is 2.35. The third-order valence-corrected chi connectivity index (χ3v) is 5.16. The highest BCUT2D eigenvalue weighted by atomic mass is 35.5. The Morgan fingerprint density at radius 2 is 1.50 bits per heavy atom. The van der Waals surface area contributed by atoms with Crippen molar-refractivity contribution in [2.24, 2.45) is 0 Å². The topological polar surface area (TPSA) is 48.7 Å². The average molecular weight is 462 g/mol. The van der Waals surface area contributed by atoms with Gasteiger partial charge in [-0.05, 0) is 54.6 Å². The molecule has 0 amide bonds. The number of ether oxygens (including phenoxy) is 2. The minimum atomic E-state index is -0.333. The number of rotatable bonds is 6. The molecule has 0 saturated carbocycles. The summed E-state index contributed by atoms with van der Waals surface area (Å²) in [6, 6.07) is 18.9. The van der Waals surface area contributed by atoms with Crippen LogP contribution < -0.4 is 14.9 Å². The van der Waals surface area contributed by atoms with Crippen LogP contribution in [0.1, 0.15) is 0 Å². The molecule has 3 aromatic carbocycles. The molecule has 4 rings (SSSR count). The molecule has 152 valence electrons. The van der Waals surface area contributed by atoms with Crippen LogP contribution in [0, 0.1) is 0 Å². The molecule has 1 aromatic heterocycles. The minimum absolute atomic E-state index is 0.0533. The van der Waals surface area contributed by atoms with Gasteiger partial charge in [-0.25, -0.2) is 0 Å². The Balaban J connectivity index is 1.66. The van der Waals surface area contributed by atoms with E-state index >= 15 is 0 Å². The fraction of sp³-hybridized carbons (Fsp3) is 0.0870. The lowest BCUT2D eigenvalue weighted by atomic mass is 10.1. The van der Waals surface area contributed by atoms with Crippen LogP contribution in [0.2, 0.25) is 15.1 Å². The summed E-state index contributed by atoms with van der Waals surface area (Å²) in [5.74, 6) is 0.955. The van der Waals surface area contributed by atoms with Crippen molar-refractivity contribution < 1.29 is 13.9 Å². The van der Waals surface area contributed by atoms with Crippen LogP contribution in [0.25, 0.3) is 22.3 Å². The van der Waals surface area contributed by atoms with Gasteiger partial charge < -0.3 is 13.9 Å². The highest BCUT2D eigenvalue weighted by Gasteiger charge is 2.19. The van der Waals surface area contributed by atoms with E-state index in [9.17, 15) is 4.79 Å². The number of benzene rings is 3. The minimum Gasteiger partial charge on any atom is -0.490 e. The second kappa shape index (κ2) is 9.00. The molecule has 0 unspecified atom stereocenters. The third kappa shape index (κ3) is 4.41. The van der Waals surface area contributed by atoms with E-state index in [1.54, 1.807) is 66.7 Å². The predicted octanol–water partition coefficient (Wildman–Crippen LogP) is 6.88. The van der Waals surface area contributed by atoms with Gasteiger partial charge in [0.15, 0.2) is 5.76 Å². The van der Waals surface area contributed by atoms with Crippen LogP contribution in [0.4, 0.5) is 0 Å². The van der Waals surface area contributed by atoms with Crippen LogP contribution >= 0.6 is 34.8 Å². The Morgan fingerprint density at radius 1 is 0.800 bits per heavy atom. The van der Waals surface area contributed by atoms with Gasteiger partial charge in [0.25, 0.3) is 0 Å². The lowest BCUT2D eigenvalue weighted by molar-refractivity contribution is 0.214. The molecule has 4 aromatic rings. The first-order chi connectivity index (χ1) is 14.5. The Labute approximate surface area is 187 Å². The van der Waals surface area contributed by atoms with Crippen molar-refractivity contribution in [1.82, 2.24) is 0 Å². The first-order valence-corrected chi connectivity index (χ1v) is 10.2. The van der Waals surface area contributed by atoms with Gasteiger partial charge >= 0.3 is 0 Å². The van der Waals surface area contributed by atoms with Gasteiger partial charge in [0.05, 0.1) is 10.4 Å². The molecule has 0 aliphatic rings. The highest BCUT2D eigenvalue weighted by molar-refractivity contribution is 6.33. The molecule has 7 heteroatoms. The Bertz CT molecular complexity index is 1250. The van der Waals surface area contributed by atoms with Crippen molar-refractivity contribution in [2.75, 3.05) is 13.2 Å². The average Bonchev–Trinajstić information content (AvgIpc) is 2.74. The van der Waals surface area contributed by atoms with Crippen molar-refractivity contribution in [2.45, 2.75) is 0 Å². The predicted molar refractivity (Wildman–Crippen MR) is 120 cm³/mol. The quantitative estimate of drug-likeness (QED) is 0.294. The standard InChI is InChI=1S/C23H15Cl3O4/c24-14-5-8-16(9-6-14)28-11-12-29-23-21(27)18-13-15(25)7-10-20(18)30-22(23)17-3-1-2-4-19(17)26/h1-10,13H,11-12H2. The van der Waals surface area contributed by atoms with Gasteiger partial charge in [0, 0.05) is 15.6 Å². The first-order valence-electron chi connectivity index (χ1n) is 9.05. The SMILES string of the molecule is O=c1c(OCCOc2ccc(Cl)cc2)c(-c2ccccc2Cl)oc2ccc(Cl)cc12. The number of halogens is 3. The summed E-state index contributed by atoms with van der Waals surface area (Å²) in [5.41, 5.74) is 0.617. The molecule has 0 atom stereocenters. The van der Waals surface area contributed by atoms with Crippen molar-refractivity contribution in [3.8, 4) is 22.8 Å². The summed E-state index contributed by atoms with van der Waals surface area (Å²) in [4.78, 5) is 13.1. The molecular weight excluding hydrogens is 447 g/mol. The zero-order chi connectivity index (χ0) is 21.1. The van der Waals surface area contributed by atoms with E-state index in [2.05, 4.69) is 0 Å².